The van der Waals surface area contributed by atoms with E-state index in [0.717, 1.165) is 65.2 Å². The third kappa shape index (κ3) is 4.11. The van der Waals surface area contributed by atoms with Gasteiger partial charge in [0.15, 0.2) is 0 Å². The van der Waals surface area contributed by atoms with E-state index >= 15 is 0 Å². The highest BCUT2D eigenvalue weighted by atomic mass is 16.5. The molecule has 32 heavy (non-hydrogen) atoms. The zero-order chi connectivity index (χ0) is 21.9. The Labute approximate surface area is 186 Å². The average molecular weight is 428 g/mol. The number of aryl methyl sites for hydroxylation is 1. The van der Waals surface area contributed by atoms with Gasteiger partial charge in [0.05, 0.1) is 41.1 Å². The predicted octanol–water partition coefficient (Wildman–Crippen LogP) is 4.15. The van der Waals surface area contributed by atoms with Gasteiger partial charge in [0.2, 0.25) is 0 Å². The molecule has 1 aliphatic heterocycles. The normalized spacial score (nSPS) is 14.5. The van der Waals surface area contributed by atoms with Crippen molar-refractivity contribution in [3.05, 3.63) is 66.2 Å². The lowest BCUT2D eigenvalue weighted by molar-refractivity contribution is 0.0418. The molecule has 2 N–H and O–H groups in total. The fourth-order valence-electron chi connectivity index (χ4n) is 4.18. The van der Waals surface area contributed by atoms with Crippen molar-refractivity contribution in [3.8, 4) is 22.6 Å². The van der Waals surface area contributed by atoms with Crippen LogP contribution < -0.4 is 5.32 Å². The number of imidazole rings is 1. The Bertz CT molecular complexity index is 1260. The van der Waals surface area contributed by atoms with E-state index in [9.17, 15) is 4.79 Å². The highest BCUT2D eigenvalue weighted by Crippen LogP contribution is 2.31. The van der Waals surface area contributed by atoms with Crippen molar-refractivity contribution >= 4 is 16.9 Å². The average Bonchev–Trinajstić information content (AvgIpc) is 3.32. The standard InChI is InChI=1S/C25H25N5O2/c1-16-3-2-4-22(30-16)24-23(28-15-29-24)18-5-6-21-20(13-18)19(9-12-27-21)25(31)32-14-17-7-10-26-11-8-17/h2-6,9,12-13,15,17,26H,7-8,10-11,14H2,1H3,(H,28,29). The number of aromatic amines is 1. The van der Waals surface area contributed by atoms with Gasteiger partial charge in [-0.3, -0.25) is 9.97 Å². The maximum atomic E-state index is 12.9. The molecule has 7 heteroatoms. The number of pyridine rings is 2. The van der Waals surface area contributed by atoms with Crippen LogP contribution in [0, 0.1) is 12.8 Å². The van der Waals surface area contributed by atoms with Crippen LogP contribution in [0.3, 0.4) is 0 Å². The summed E-state index contributed by atoms with van der Waals surface area (Å²) in [5.74, 6) is 0.105. The first-order valence-corrected chi connectivity index (χ1v) is 10.9. The van der Waals surface area contributed by atoms with Crippen LogP contribution in [0.15, 0.2) is 55.0 Å². The van der Waals surface area contributed by atoms with Crippen molar-refractivity contribution in [2.45, 2.75) is 19.8 Å². The molecule has 0 amide bonds. The Morgan fingerprint density at radius 3 is 2.84 bits per heavy atom. The maximum absolute atomic E-state index is 12.9. The molecule has 4 aromatic rings. The van der Waals surface area contributed by atoms with Crippen LogP contribution >= 0.6 is 0 Å². The number of carbonyl (C=O) groups is 1. The molecule has 0 bridgehead atoms. The summed E-state index contributed by atoms with van der Waals surface area (Å²) in [5.41, 5.74) is 5.54. The number of nitrogens with zero attached hydrogens (tertiary/aromatic N) is 3. The van der Waals surface area contributed by atoms with Crippen LogP contribution in [-0.4, -0.2) is 45.6 Å². The fraction of sp³-hybridized carbons (Fsp3) is 0.280. The van der Waals surface area contributed by atoms with Crippen LogP contribution in [0.4, 0.5) is 0 Å². The van der Waals surface area contributed by atoms with Gasteiger partial charge in [-0.15, -0.1) is 0 Å². The molecular formula is C25H25N5O2. The molecule has 7 nitrogen and oxygen atoms in total. The van der Waals surface area contributed by atoms with Crippen LogP contribution in [0.25, 0.3) is 33.5 Å². The van der Waals surface area contributed by atoms with Gasteiger partial charge in [0, 0.05) is 22.8 Å². The lowest BCUT2D eigenvalue weighted by atomic mass is 9.99. The van der Waals surface area contributed by atoms with Gasteiger partial charge in [-0.2, -0.15) is 0 Å². The molecule has 5 rings (SSSR count). The Balaban J connectivity index is 1.47. The second-order valence-electron chi connectivity index (χ2n) is 8.17. The minimum Gasteiger partial charge on any atom is -0.462 e. The van der Waals surface area contributed by atoms with E-state index in [-0.39, 0.29) is 5.97 Å². The molecule has 1 aromatic carbocycles. The van der Waals surface area contributed by atoms with E-state index in [1.54, 1.807) is 18.6 Å². The predicted molar refractivity (Wildman–Crippen MR) is 123 cm³/mol. The summed E-state index contributed by atoms with van der Waals surface area (Å²) >= 11 is 0. The number of esters is 1. The number of rotatable bonds is 5. The first-order valence-electron chi connectivity index (χ1n) is 10.9. The van der Waals surface area contributed by atoms with Gasteiger partial charge in [0.1, 0.15) is 0 Å². The number of nitrogens with one attached hydrogen (secondary N) is 2. The summed E-state index contributed by atoms with van der Waals surface area (Å²) < 4.78 is 5.69. The maximum Gasteiger partial charge on any atom is 0.338 e. The zero-order valence-corrected chi connectivity index (χ0v) is 18.0. The minimum absolute atomic E-state index is 0.310. The first-order chi connectivity index (χ1) is 15.7. The third-order valence-electron chi connectivity index (χ3n) is 5.93. The number of hydrogen-bond donors (Lipinski definition) is 2. The highest BCUT2D eigenvalue weighted by Gasteiger charge is 2.19. The molecular weight excluding hydrogens is 402 g/mol. The molecule has 162 valence electrons. The molecule has 0 unspecified atom stereocenters. The number of piperidine rings is 1. The summed E-state index contributed by atoms with van der Waals surface area (Å²) in [7, 11) is 0. The molecule has 1 fully saturated rings. The minimum atomic E-state index is -0.310. The number of hydrogen-bond acceptors (Lipinski definition) is 6. The first kappa shape index (κ1) is 20.3. The van der Waals surface area contributed by atoms with Gasteiger partial charge in [-0.05, 0) is 69.1 Å². The summed E-state index contributed by atoms with van der Waals surface area (Å²) in [5, 5.41) is 4.09. The van der Waals surface area contributed by atoms with Crippen molar-refractivity contribution < 1.29 is 9.53 Å². The van der Waals surface area contributed by atoms with E-state index < -0.39 is 0 Å². The summed E-state index contributed by atoms with van der Waals surface area (Å²) in [6.45, 7) is 4.37. The third-order valence-corrected chi connectivity index (χ3v) is 5.93. The van der Waals surface area contributed by atoms with Gasteiger partial charge in [-0.1, -0.05) is 12.1 Å². The van der Waals surface area contributed by atoms with E-state index in [4.69, 9.17) is 4.74 Å². The van der Waals surface area contributed by atoms with E-state index in [0.29, 0.717) is 18.1 Å². The molecule has 0 saturated carbocycles. The molecule has 0 radical (unpaired) electrons. The van der Waals surface area contributed by atoms with Crippen molar-refractivity contribution in [3.63, 3.8) is 0 Å². The van der Waals surface area contributed by atoms with Crippen LogP contribution in [0.5, 0.6) is 0 Å². The largest absolute Gasteiger partial charge is 0.462 e. The monoisotopic (exact) mass is 427 g/mol. The Morgan fingerprint density at radius 1 is 1.12 bits per heavy atom. The molecule has 1 aliphatic rings. The number of ether oxygens (including phenoxy) is 1. The van der Waals surface area contributed by atoms with Gasteiger partial charge in [-0.25, -0.2) is 9.78 Å². The topological polar surface area (TPSA) is 92.8 Å². The lowest BCUT2D eigenvalue weighted by Gasteiger charge is -2.22. The van der Waals surface area contributed by atoms with Crippen molar-refractivity contribution in [2.24, 2.45) is 5.92 Å². The van der Waals surface area contributed by atoms with Crippen LogP contribution in [-0.2, 0) is 4.74 Å². The summed E-state index contributed by atoms with van der Waals surface area (Å²) in [6, 6.07) is 13.5. The van der Waals surface area contributed by atoms with Crippen LogP contribution in [0.2, 0.25) is 0 Å². The quantitative estimate of drug-likeness (QED) is 0.465. The molecule has 0 atom stereocenters. The van der Waals surface area contributed by atoms with Gasteiger partial charge >= 0.3 is 5.97 Å². The molecule has 0 aliphatic carbocycles. The molecule has 1 saturated heterocycles. The van der Waals surface area contributed by atoms with Crippen molar-refractivity contribution in [1.29, 1.82) is 0 Å². The van der Waals surface area contributed by atoms with E-state index in [1.165, 1.54) is 0 Å². The smallest absolute Gasteiger partial charge is 0.338 e. The van der Waals surface area contributed by atoms with Crippen molar-refractivity contribution in [2.75, 3.05) is 19.7 Å². The highest BCUT2D eigenvalue weighted by molar-refractivity contribution is 6.04. The second-order valence-corrected chi connectivity index (χ2v) is 8.17. The molecule has 3 aromatic heterocycles. The van der Waals surface area contributed by atoms with Crippen molar-refractivity contribution in [1.82, 2.24) is 25.3 Å². The molecule has 4 heterocycles. The Morgan fingerprint density at radius 2 is 2.00 bits per heavy atom. The Kier molecular flexibility index (Phi) is 5.64. The number of H-pyrrole nitrogens is 1. The van der Waals surface area contributed by atoms with E-state index in [2.05, 4.69) is 25.3 Å². The zero-order valence-electron chi connectivity index (χ0n) is 18.0. The number of carbonyl (C=O) groups excluding carboxylic acids is 1. The lowest BCUT2D eigenvalue weighted by Crippen LogP contribution is -2.30. The fourth-order valence-corrected chi connectivity index (χ4v) is 4.18. The number of aromatic nitrogens is 4. The number of benzene rings is 1. The summed E-state index contributed by atoms with van der Waals surface area (Å²) in [4.78, 5) is 29.7. The SMILES string of the molecule is Cc1cccc(-c2[nH]cnc2-c2ccc3nccc(C(=O)OCC4CCNCC4)c3c2)n1. The second kappa shape index (κ2) is 8.88. The van der Waals surface area contributed by atoms with Gasteiger partial charge in [0.25, 0.3) is 0 Å². The Hall–Kier alpha value is -3.58. The van der Waals surface area contributed by atoms with E-state index in [1.807, 2.05) is 43.3 Å². The van der Waals surface area contributed by atoms with Crippen LogP contribution in [0.1, 0.15) is 28.9 Å². The summed E-state index contributed by atoms with van der Waals surface area (Å²) in [6.07, 6.45) is 5.38. The number of fused-ring (bicyclic) bond motifs is 1. The molecule has 0 spiro atoms. The van der Waals surface area contributed by atoms with Gasteiger partial charge < -0.3 is 15.0 Å².